The Labute approximate surface area is 108 Å². The van der Waals surface area contributed by atoms with Gasteiger partial charge in [-0.1, -0.05) is 13.0 Å². The summed E-state index contributed by atoms with van der Waals surface area (Å²) in [5.74, 6) is 0.243. The number of rotatable bonds is 8. The van der Waals surface area contributed by atoms with Gasteiger partial charge in [0, 0.05) is 24.3 Å². The summed E-state index contributed by atoms with van der Waals surface area (Å²) in [6.45, 7) is 7.53. The Balaban J connectivity index is 2.61. The van der Waals surface area contributed by atoms with Crippen LogP contribution in [0.25, 0.3) is 0 Å². The van der Waals surface area contributed by atoms with E-state index in [2.05, 4.69) is 12.2 Å². The average molecular weight is 255 g/mol. The Bertz CT molecular complexity index is 358. The molecule has 1 aromatic carbocycles. The number of hydrogen-bond acceptors (Lipinski definition) is 3. The first-order valence-corrected chi connectivity index (χ1v) is 6.42. The molecule has 0 aliphatic heterocycles. The highest BCUT2D eigenvalue weighted by Crippen LogP contribution is 2.21. The van der Waals surface area contributed by atoms with Crippen molar-refractivity contribution in [2.24, 2.45) is 0 Å². The molecule has 1 aromatic rings. The Morgan fingerprint density at radius 1 is 1.33 bits per heavy atom. The Kier molecular flexibility index (Phi) is 6.68. The lowest BCUT2D eigenvalue weighted by Gasteiger charge is -2.15. The van der Waals surface area contributed by atoms with E-state index in [1.807, 2.05) is 13.8 Å². The maximum atomic E-state index is 13.9. The van der Waals surface area contributed by atoms with Crippen molar-refractivity contribution in [3.05, 3.63) is 29.6 Å². The van der Waals surface area contributed by atoms with Crippen molar-refractivity contribution in [3.63, 3.8) is 0 Å². The summed E-state index contributed by atoms with van der Waals surface area (Å²) in [5.41, 5.74) is 0.659. The van der Waals surface area contributed by atoms with Gasteiger partial charge in [0.2, 0.25) is 0 Å². The number of benzene rings is 1. The second kappa shape index (κ2) is 8.06. The second-order valence-corrected chi connectivity index (χ2v) is 4.11. The lowest BCUT2D eigenvalue weighted by atomic mass is 10.1. The normalized spacial score (nSPS) is 12.4. The van der Waals surface area contributed by atoms with Crippen LogP contribution in [0.4, 0.5) is 4.39 Å². The molecule has 0 aromatic heterocycles. The van der Waals surface area contributed by atoms with E-state index < -0.39 is 0 Å². The predicted octanol–water partition coefficient (Wildman–Crippen LogP) is 3.26. The van der Waals surface area contributed by atoms with Crippen LogP contribution >= 0.6 is 0 Å². The van der Waals surface area contributed by atoms with Crippen molar-refractivity contribution in [2.75, 3.05) is 19.9 Å². The van der Waals surface area contributed by atoms with Gasteiger partial charge in [-0.15, -0.1) is 0 Å². The Hall–Kier alpha value is -1.13. The molecule has 1 atom stereocenters. The van der Waals surface area contributed by atoms with E-state index in [0.29, 0.717) is 17.9 Å². The van der Waals surface area contributed by atoms with Gasteiger partial charge in [-0.3, -0.25) is 0 Å². The van der Waals surface area contributed by atoms with E-state index in [9.17, 15) is 4.39 Å². The van der Waals surface area contributed by atoms with Crippen LogP contribution in [0.15, 0.2) is 18.2 Å². The highest BCUT2D eigenvalue weighted by atomic mass is 19.1. The van der Waals surface area contributed by atoms with Crippen LogP contribution < -0.4 is 10.1 Å². The number of hydrogen-bond donors (Lipinski definition) is 1. The van der Waals surface area contributed by atoms with Gasteiger partial charge in [-0.05, 0) is 32.9 Å². The number of nitrogens with one attached hydrogen (secondary N) is 1. The first kappa shape index (κ1) is 14.9. The first-order valence-electron chi connectivity index (χ1n) is 6.42. The van der Waals surface area contributed by atoms with E-state index in [1.165, 1.54) is 6.07 Å². The molecule has 1 unspecified atom stereocenters. The van der Waals surface area contributed by atoms with Gasteiger partial charge < -0.3 is 14.8 Å². The summed E-state index contributed by atoms with van der Waals surface area (Å²) in [6, 6.07) is 4.93. The quantitative estimate of drug-likeness (QED) is 0.571. The molecule has 18 heavy (non-hydrogen) atoms. The molecule has 3 nitrogen and oxygen atoms in total. The van der Waals surface area contributed by atoms with Crippen LogP contribution in [0.3, 0.4) is 0 Å². The predicted molar refractivity (Wildman–Crippen MR) is 70.2 cm³/mol. The van der Waals surface area contributed by atoms with E-state index >= 15 is 0 Å². The molecule has 102 valence electrons. The molecule has 0 heterocycles. The summed E-state index contributed by atoms with van der Waals surface area (Å²) in [6.07, 6.45) is 1.03. The average Bonchev–Trinajstić information content (AvgIpc) is 2.36. The van der Waals surface area contributed by atoms with Gasteiger partial charge in [0.15, 0.2) is 6.79 Å². The van der Waals surface area contributed by atoms with E-state index in [-0.39, 0.29) is 18.7 Å². The van der Waals surface area contributed by atoms with E-state index in [0.717, 1.165) is 13.0 Å². The minimum Gasteiger partial charge on any atom is -0.467 e. The molecular formula is C14H22FNO2. The molecular weight excluding hydrogens is 233 g/mol. The standard InChI is InChI=1S/C14H22FNO2/c1-4-8-16-11(3)13-7-6-12(9-14(13)15)18-10-17-5-2/h6-7,9,11,16H,4-5,8,10H2,1-3H3. The maximum Gasteiger partial charge on any atom is 0.189 e. The molecule has 0 bridgehead atoms. The third kappa shape index (κ3) is 4.63. The van der Waals surface area contributed by atoms with Gasteiger partial charge in [0.25, 0.3) is 0 Å². The monoisotopic (exact) mass is 255 g/mol. The zero-order valence-corrected chi connectivity index (χ0v) is 11.3. The van der Waals surface area contributed by atoms with Crippen molar-refractivity contribution < 1.29 is 13.9 Å². The summed E-state index contributed by atoms with van der Waals surface area (Å²) in [4.78, 5) is 0. The van der Waals surface area contributed by atoms with E-state index in [1.54, 1.807) is 12.1 Å². The number of ether oxygens (including phenoxy) is 2. The first-order chi connectivity index (χ1) is 8.69. The molecule has 4 heteroatoms. The molecule has 0 fully saturated rings. The van der Waals surface area contributed by atoms with Crippen LogP contribution in [-0.4, -0.2) is 19.9 Å². The minimum atomic E-state index is -0.250. The molecule has 0 saturated carbocycles. The molecule has 0 aliphatic rings. The summed E-state index contributed by atoms with van der Waals surface area (Å²) < 4.78 is 24.2. The van der Waals surface area contributed by atoms with Gasteiger partial charge in [0.1, 0.15) is 11.6 Å². The summed E-state index contributed by atoms with van der Waals surface area (Å²) in [5, 5.41) is 3.26. The van der Waals surface area contributed by atoms with E-state index in [4.69, 9.17) is 9.47 Å². The third-order valence-corrected chi connectivity index (χ3v) is 2.65. The van der Waals surface area contributed by atoms with Crippen LogP contribution in [0.2, 0.25) is 0 Å². The molecule has 0 saturated heterocycles. The lowest BCUT2D eigenvalue weighted by Crippen LogP contribution is -2.20. The largest absolute Gasteiger partial charge is 0.467 e. The van der Waals surface area contributed by atoms with Gasteiger partial charge in [0.05, 0.1) is 0 Å². The zero-order valence-electron chi connectivity index (χ0n) is 11.3. The SMILES string of the molecule is CCCNC(C)c1ccc(OCOCC)cc1F. The van der Waals surface area contributed by atoms with Crippen molar-refractivity contribution in [1.29, 1.82) is 0 Å². The van der Waals surface area contributed by atoms with Crippen LogP contribution in [0, 0.1) is 5.82 Å². The van der Waals surface area contributed by atoms with Crippen LogP contribution in [0.5, 0.6) is 5.75 Å². The van der Waals surface area contributed by atoms with Crippen LogP contribution in [0.1, 0.15) is 38.8 Å². The lowest BCUT2D eigenvalue weighted by molar-refractivity contribution is 0.0222. The van der Waals surface area contributed by atoms with Gasteiger partial charge >= 0.3 is 0 Å². The zero-order chi connectivity index (χ0) is 13.4. The molecule has 0 aliphatic carbocycles. The van der Waals surface area contributed by atoms with Crippen molar-refractivity contribution in [2.45, 2.75) is 33.2 Å². The Morgan fingerprint density at radius 3 is 2.72 bits per heavy atom. The topological polar surface area (TPSA) is 30.5 Å². The van der Waals surface area contributed by atoms with Crippen molar-refractivity contribution in [1.82, 2.24) is 5.32 Å². The fraction of sp³-hybridized carbons (Fsp3) is 0.571. The smallest absolute Gasteiger partial charge is 0.189 e. The highest BCUT2D eigenvalue weighted by molar-refractivity contribution is 5.30. The fourth-order valence-corrected chi connectivity index (χ4v) is 1.61. The fourth-order valence-electron chi connectivity index (χ4n) is 1.61. The van der Waals surface area contributed by atoms with Crippen molar-refractivity contribution in [3.8, 4) is 5.75 Å². The molecule has 1 N–H and O–H groups in total. The third-order valence-electron chi connectivity index (χ3n) is 2.65. The molecule has 1 rings (SSSR count). The van der Waals surface area contributed by atoms with Crippen LogP contribution in [-0.2, 0) is 4.74 Å². The summed E-state index contributed by atoms with van der Waals surface area (Å²) >= 11 is 0. The second-order valence-electron chi connectivity index (χ2n) is 4.11. The number of halogens is 1. The highest BCUT2D eigenvalue weighted by Gasteiger charge is 2.10. The molecule has 0 amide bonds. The maximum absolute atomic E-state index is 13.9. The van der Waals surface area contributed by atoms with Crippen molar-refractivity contribution >= 4 is 0 Å². The van der Waals surface area contributed by atoms with Gasteiger partial charge in [-0.25, -0.2) is 4.39 Å². The Morgan fingerprint density at radius 2 is 2.11 bits per heavy atom. The molecule has 0 spiro atoms. The molecule has 0 radical (unpaired) electrons. The summed E-state index contributed by atoms with van der Waals surface area (Å²) in [7, 11) is 0. The van der Waals surface area contributed by atoms with Gasteiger partial charge in [-0.2, -0.15) is 0 Å². The minimum absolute atomic E-state index is 0.00546.